The van der Waals surface area contributed by atoms with Gasteiger partial charge in [0.1, 0.15) is 5.00 Å². The fourth-order valence-electron chi connectivity index (χ4n) is 3.74. The fraction of sp³-hybridized carbons (Fsp3) is 0.250. The molecule has 7 nitrogen and oxygen atoms in total. The molecule has 0 aliphatic heterocycles. The molecule has 0 bridgehead atoms. The van der Waals surface area contributed by atoms with Crippen molar-refractivity contribution in [3.63, 3.8) is 0 Å². The standard InChI is InChI=1S/C24H22N2O5S/c1-3-18(31-23(28)15-8-6-12-25-13-15)21(27)26-22-19(24(29)30-2)17-11-10-14-7-4-5-9-16(14)20(17)32-22/h4-9,12-13,18H,3,10-11H2,1-2H3,(H,26,27). The van der Waals surface area contributed by atoms with Crippen LogP contribution in [0.25, 0.3) is 10.4 Å². The van der Waals surface area contributed by atoms with Crippen LogP contribution in [-0.2, 0) is 27.1 Å². The maximum atomic E-state index is 13.0. The zero-order chi connectivity index (χ0) is 22.7. The van der Waals surface area contributed by atoms with Crippen LogP contribution < -0.4 is 5.32 Å². The number of carbonyl (C=O) groups is 3. The highest BCUT2D eigenvalue weighted by atomic mass is 32.1. The lowest BCUT2D eigenvalue weighted by Crippen LogP contribution is -2.32. The first-order valence-electron chi connectivity index (χ1n) is 10.3. The summed E-state index contributed by atoms with van der Waals surface area (Å²) in [5, 5.41) is 3.21. The third-order valence-corrected chi connectivity index (χ3v) is 6.53. The molecule has 1 amide bonds. The van der Waals surface area contributed by atoms with Gasteiger partial charge in [-0.05, 0) is 48.1 Å². The van der Waals surface area contributed by atoms with Crippen molar-refractivity contribution in [2.24, 2.45) is 0 Å². The number of hydrogen-bond donors (Lipinski definition) is 1. The van der Waals surface area contributed by atoms with Crippen LogP contribution in [0.3, 0.4) is 0 Å². The van der Waals surface area contributed by atoms with E-state index in [0.29, 0.717) is 17.0 Å². The Hall–Kier alpha value is -3.52. The van der Waals surface area contributed by atoms with Crippen LogP contribution in [0.2, 0.25) is 0 Å². The van der Waals surface area contributed by atoms with Crippen LogP contribution >= 0.6 is 11.3 Å². The predicted octanol–water partition coefficient (Wildman–Crippen LogP) is 4.27. The number of pyridine rings is 1. The van der Waals surface area contributed by atoms with Crippen LogP contribution in [0, 0.1) is 0 Å². The Morgan fingerprint density at radius 3 is 2.66 bits per heavy atom. The zero-order valence-corrected chi connectivity index (χ0v) is 18.5. The number of anilines is 1. The summed E-state index contributed by atoms with van der Waals surface area (Å²) in [4.78, 5) is 42.8. The number of thiophene rings is 1. The van der Waals surface area contributed by atoms with Gasteiger partial charge in [-0.25, -0.2) is 9.59 Å². The third-order valence-electron chi connectivity index (χ3n) is 5.35. The second kappa shape index (κ2) is 9.32. The molecule has 32 heavy (non-hydrogen) atoms. The number of ether oxygens (including phenoxy) is 2. The normalized spacial score (nSPS) is 12.8. The molecule has 1 aliphatic carbocycles. The van der Waals surface area contributed by atoms with Gasteiger partial charge in [-0.2, -0.15) is 0 Å². The van der Waals surface area contributed by atoms with Crippen molar-refractivity contribution in [3.05, 3.63) is 71.0 Å². The minimum absolute atomic E-state index is 0.261. The minimum atomic E-state index is -1.01. The monoisotopic (exact) mass is 450 g/mol. The Balaban J connectivity index is 1.62. The molecule has 4 rings (SSSR count). The summed E-state index contributed by atoms with van der Waals surface area (Å²) < 4.78 is 10.4. The van der Waals surface area contributed by atoms with Gasteiger partial charge in [0.2, 0.25) is 0 Å². The molecule has 0 radical (unpaired) electrons. The average molecular weight is 451 g/mol. The Labute approximate surface area is 189 Å². The number of hydrogen-bond acceptors (Lipinski definition) is 7. The summed E-state index contributed by atoms with van der Waals surface area (Å²) in [6.45, 7) is 1.75. The summed E-state index contributed by atoms with van der Waals surface area (Å²) in [5.41, 5.74) is 3.75. The van der Waals surface area contributed by atoms with Gasteiger partial charge in [-0.1, -0.05) is 31.2 Å². The largest absolute Gasteiger partial charge is 0.465 e. The maximum absolute atomic E-state index is 13.0. The molecule has 0 fully saturated rings. The van der Waals surface area contributed by atoms with Gasteiger partial charge < -0.3 is 14.8 Å². The first-order valence-corrected chi connectivity index (χ1v) is 11.1. The number of rotatable bonds is 6. The van der Waals surface area contributed by atoms with E-state index in [1.807, 2.05) is 18.2 Å². The summed E-state index contributed by atoms with van der Waals surface area (Å²) in [6, 6.07) is 11.2. The fourth-order valence-corrected chi connectivity index (χ4v) is 5.04. The predicted molar refractivity (Wildman–Crippen MR) is 121 cm³/mol. The van der Waals surface area contributed by atoms with Gasteiger partial charge in [0.15, 0.2) is 6.10 Å². The topological polar surface area (TPSA) is 94.6 Å². The third kappa shape index (κ3) is 4.13. The second-order valence-electron chi connectivity index (χ2n) is 7.30. The van der Waals surface area contributed by atoms with E-state index in [-0.39, 0.29) is 12.0 Å². The van der Waals surface area contributed by atoms with E-state index >= 15 is 0 Å². The molecule has 1 N–H and O–H groups in total. The zero-order valence-electron chi connectivity index (χ0n) is 17.7. The highest BCUT2D eigenvalue weighted by molar-refractivity contribution is 7.20. The van der Waals surface area contributed by atoms with Crippen molar-refractivity contribution < 1.29 is 23.9 Å². The van der Waals surface area contributed by atoms with Gasteiger partial charge in [-0.15, -0.1) is 11.3 Å². The van der Waals surface area contributed by atoms with E-state index in [2.05, 4.69) is 16.4 Å². The van der Waals surface area contributed by atoms with Gasteiger partial charge in [0.05, 0.1) is 18.2 Å². The van der Waals surface area contributed by atoms with Crippen molar-refractivity contribution in [1.29, 1.82) is 0 Å². The lowest BCUT2D eigenvalue weighted by Gasteiger charge is -2.17. The Bertz CT molecular complexity index is 1170. The Morgan fingerprint density at radius 2 is 1.94 bits per heavy atom. The first kappa shape index (κ1) is 21.7. The maximum Gasteiger partial charge on any atom is 0.341 e. The molecule has 164 valence electrons. The molecular weight excluding hydrogens is 428 g/mol. The van der Waals surface area contributed by atoms with Crippen LogP contribution in [0.4, 0.5) is 5.00 Å². The Morgan fingerprint density at radius 1 is 1.12 bits per heavy atom. The summed E-state index contributed by atoms with van der Waals surface area (Å²) >= 11 is 1.34. The molecule has 0 saturated carbocycles. The van der Waals surface area contributed by atoms with Crippen LogP contribution in [0.5, 0.6) is 0 Å². The summed E-state index contributed by atoms with van der Waals surface area (Å²) in [5.74, 6) is -1.63. The van der Waals surface area contributed by atoms with Gasteiger partial charge in [0.25, 0.3) is 5.91 Å². The molecule has 1 aromatic carbocycles. The highest BCUT2D eigenvalue weighted by Gasteiger charge is 2.31. The van der Waals surface area contributed by atoms with Crippen molar-refractivity contribution >= 4 is 34.2 Å². The first-order chi connectivity index (χ1) is 15.5. The molecule has 1 unspecified atom stereocenters. The van der Waals surface area contributed by atoms with Crippen molar-refractivity contribution in [3.8, 4) is 10.4 Å². The van der Waals surface area contributed by atoms with Gasteiger partial charge in [-0.3, -0.25) is 9.78 Å². The molecule has 2 heterocycles. The smallest absolute Gasteiger partial charge is 0.341 e. The Kier molecular flexibility index (Phi) is 6.32. The molecule has 3 aromatic rings. The molecule has 1 aliphatic rings. The molecule has 8 heteroatoms. The molecule has 0 saturated heterocycles. The lowest BCUT2D eigenvalue weighted by molar-refractivity contribution is -0.124. The number of benzene rings is 1. The van der Waals surface area contributed by atoms with E-state index in [1.54, 1.807) is 25.3 Å². The van der Waals surface area contributed by atoms with E-state index in [9.17, 15) is 14.4 Å². The molecular formula is C24H22N2O5S. The second-order valence-corrected chi connectivity index (χ2v) is 8.32. The minimum Gasteiger partial charge on any atom is -0.465 e. The van der Waals surface area contributed by atoms with Crippen LogP contribution in [0.1, 0.15) is 45.2 Å². The van der Waals surface area contributed by atoms with Crippen LogP contribution in [-0.4, -0.2) is 36.0 Å². The van der Waals surface area contributed by atoms with E-state index in [4.69, 9.17) is 9.47 Å². The van der Waals surface area contributed by atoms with E-state index in [0.717, 1.165) is 22.4 Å². The average Bonchev–Trinajstić information content (AvgIpc) is 3.20. The lowest BCUT2D eigenvalue weighted by atomic mass is 9.89. The number of carbonyl (C=O) groups excluding carboxylic acids is 3. The number of aromatic nitrogens is 1. The number of methoxy groups -OCH3 is 1. The number of amides is 1. The van der Waals surface area contributed by atoms with E-state index < -0.39 is 23.9 Å². The van der Waals surface area contributed by atoms with E-state index in [1.165, 1.54) is 30.2 Å². The molecule has 1 atom stereocenters. The van der Waals surface area contributed by atoms with Crippen molar-refractivity contribution in [1.82, 2.24) is 4.98 Å². The summed E-state index contributed by atoms with van der Waals surface area (Å²) in [7, 11) is 1.32. The number of aryl methyl sites for hydroxylation is 1. The molecule has 0 spiro atoms. The summed E-state index contributed by atoms with van der Waals surface area (Å²) in [6.07, 6.45) is 3.67. The number of fused-ring (bicyclic) bond motifs is 3. The number of esters is 2. The van der Waals surface area contributed by atoms with Gasteiger partial charge >= 0.3 is 11.9 Å². The molecule has 2 aromatic heterocycles. The number of nitrogens with one attached hydrogen (secondary N) is 1. The number of nitrogens with zero attached hydrogens (tertiary/aromatic N) is 1. The quantitative estimate of drug-likeness (QED) is 0.564. The highest BCUT2D eigenvalue weighted by Crippen LogP contribution is 2.45. The van der Waals surface area contributed by atoms with Crippen molar-refractivity contribution in [2.45, 2.75) is 32.3 Å². The SMILES string of the molecule is CCC(OC(=O)c1cccnc1)C(=O)Nc1sc2c(c1C(=O)OC)CCc1ccccc1-2. The van der Waals surface area contributed by atoms with Crippen LogP contribution in [0.15, 0.2) is 48.8 Å². The van der Waals surface area contributed by atoms with Gasteiger partial charge in [0, 0.05) is 17.3 Å². The van der Waals surface area contributed by atoms with Crippen molar-refractivity contribution in [2.75, 3.05) is 12.4 Å².